The molecule has 0 radical (unpaired) electrons. The fourth-order valence-corrected chi connectivity index (χ4v) is 4.80. The zero-order chi connectivity index (χ0) is 17.5. The van der Waals surface area contributed by atoms with Gasteiger partial charge in [0.05, 0.1) is 0 Å². The summed E-state index contributed by atoms with van der Waals surface area (Å²) in [6.07, 6.45) is 9.85. The van der Waals surface area contributed by atoms with Crippen LogP contribution in [0.15, 0.2) is 0 Å². The molecule has 1 fully saturated rings. The molecule has 1 saturated heterocycles. The quantitative estimate of drug-likeness (QED) is 0.897. The topological polar surface area (TPSA) is 79.7 Å². The minimum absolute atomic E-state index is 0.0999. The number of aromatic nitrogens is 5. The molecule has 1 amide bonds. The molecule has 2 aliphatic heterocycles. The average Bonchev–Trinajstić information content (AvgIpc) is 3.34. The first kappa shape index (κ1) is 16.0. The van der Waals surface area contributed by atoms with Gasteiger partial charge in [0.25, 0.3) is 5.91 Å². The van der Waals surface area contributed by atoms with Crippen molar-refractivity contribution < 1.29 is 4.79 Å². The van der Waals surface area contributed by atoms with Gasteiger partial charge >= 0.3 is 0 Å². The highest BCUT2D eigenvalue weighted by Gasteiger charge is 2.31. The molecule has 3 aliphatic rings. The molecule has 4 heterocycles. The molecule has 0 bridgehead atoms. The largest absolute Gasteiger partial charge is 0.337 e. The van der Waals surface area contributed by atoms with E-state index >= 15 is 0 Å². The Hall–Kier alpha value is -2.18. The molecule has 1 N–H and O–H groups in total. The molecule has 0 atom stereocenters. The highest BCUT2D eigenvalue weighted by Crippen LogP contribution is 2.30. The van der Waals surface area contributed by atoms with E-state index in [9.17, 15) is 4.79 Å². The van der Waals surface area contributed by atoms with E-state index < -0.39 is 0 Å². The van der Waals surface area contributed by atoms with Gasteiger partial charge in [-0.05, 0) is 44.9 Å². The molecular formula is C19H26N6O. The van der Waals surface area contributed by atoms with Gasteiger partial charge in [-0.3, -0.25) is 9.89 Å². The third-order valence-corrected chi connectivity index (χ3v) is 6.29. The minimum atomic E-state index is 0.0999. The van der Waals surface area contributed by atoms with Crippen LogP contribution in [0.2, 0.25) is 0 Å². The number of aryl methyl sites for hydroxylation is 2. The van der Waals surface area contributed by atoms with Crippen LogP contribution in [0.5, 0.6) is 0 Å². The summed E-state index contributed by atoms with van der Waals surface area (Å²) in [5.41, 5.74) is 2.97. The van der Waals surface area contributed by atoms with Crippen LogP contribution in [0.1, 0.15) is 77.8 Å². The summed E-state index contributed by atoms with van der Waals surface area (Å²) in [6.45, 7) is 2.62. The van der Waals surface area contributed by atoms with Crippen molar-refractivity contribution in [1.82, 2.24) is 29.9 Å². The van der Waals surface area contributed by atoms with Crippen LogP contribution in [0.25, 0.3) is 0 Å². The second-order valence-electron chi connectivity index (χ2n) is 7.89. The van der Waals surface area contributed by atoms with Crippen LogP contribution < -0.4 is 0 Å². The van der Waals surface area contributed by atoms with Crippen molar-refractivity contribution in [2.45, 2.75) is 70.3 Å². The Balaban J connectivity index is 1.28. The summed E-state index contributed by atoms with van der Waals surface area (Å²) in [6, 6.07) is 0. The summed E-state index contributed by atoms with van der Waals surface area (Å²) < 4.78 is 2.36. The van der Waals surface area contributed by atoms with Crippen molar-refractivity contribution in [3.8, 4) is 0 Å². The van der Waals surface area contributed by atoms with Gasteiger partial charge in [-0.15, -0.1) is 10.2 Å². The van der Waals surface area contributed by atoms with Crippen molar-refractivity contribution in [3.63, 3.8) is 0 Å². The fraction of sp³-hybridized carbons (Fsp3) is 0.684. The highest BCUT2D eigenvalue weighted by atomic mass is 16.2. The van der Waals surface area contributed by atoms with Gasteiger partial charge in [-0.1, -0.05) is 6.42 Å². The predicted molar refractivity (Wildman–Crippen MR) is 96.1 cm³/mol. The summed E-state index contributed by atoms with van der Waals surface area (Å²) in [7, 11) is 0. The van der Waals surface area contributed by atoms with E-state index in [4.69, 9.17) is 0 Å². The number of rotatable bonds is 2. The van der Waals surface area contributed by atoms with E-state index in [2.05, 4.69) is 25.0 Å². The summed E-state index contributed by atoms with van der Waals surface area (Å²) >= 11 is 0. The lowest BCUT2D eigenvalue weighted by molar-refractivity contribution is 0.0703. The second kappa shape index (κ2) is 6.52. The monoisotopic (exact) mass is 354 g/mol. The first-order chi connectivity index (χ1) is 12.8. The number of H-pyrrole nitrogens is 1. The van der Waals surface area contributed by atoms with Crippen molar-refractivity contribution >= 4 is 5.91 Å². The van der Waals surface area contributed by atoms with Crippen LogP contribution in [0.3, 0.4) is 0 Å². The van der Waals surface area contributed by atoms with Gasteiger partial charge in [-0.25, -0.2) is 0 Å². The number of nitrogens with one attached hydrogen (secondary N) is 1. The molecule has 5 rings (SSSR count). The van der Waals surface area contributed by atoms with E-state index in [1.807, 2.05) is 4.90 Å². The molecule has 2 aromatic heterocycles. The van der Waals surface area contributed by atoms with Crippen molar-refractivity contribution in [2.75, 3.05) is 13.1 Å². The van der Waals surface area contributed by atoms with E-state index in [1.165, 1.54) is 19.3 Å². The van der Waals surface area contributed by atoms with Crippen LogP contribution in [-0.4, -0.2) is 48.9 Å². The summed E-state index contributed by atoms with van der Waals surface area (Å²) in [5.74, 6) is 2.82. The smallest absolute Gasteiger partial charge is 0.274 e. The Bertz CT molecular complexity index is 814. The molecule has 7 nitrogen and oxygen atoms in total. The van der Waals surface area contributed by atoms with Gasteiger partial charge in [0.1, 0.15) is 11.6 Å². The van der Waals surface area contributed by atoms with Crippen molar-refractivity contribution in [3.05, 3.63) is 28.6 Å². The van der Waals surface area contributed by atoms with Crippen molar-refractivity contribution in [1.29, 1.82) is 0 Å². The first-order valence-electron chi connectivity index (χ1n) is 10.1. The molecule has 0 aromatic carbocycles. The molecule has 0 unspecified atom stereocenters. The number of fused-ring (bicyclic) bond motifs is 2. The molecule has 7 heteroatoms. The van der Waals surface area contributed by atoms with Gasteiger partial charge in [0.2, 0.25) is 0 Å². The van der Waals surface area contributed by atoms with E-state index in [0.717, 1.165) is 81.1 Å². The van der Waals surface area contributed by atoms with Crippen LogP contribution in [0.4, 0.5) is 0 Å². The van der Waals surface area contributed by atoms with Crippen LogP contribution >= 0.6 is 0 Å². The standard InChI is InChI=1S/C19H26N6O/c26-19(17-14-5-4-6-15(14)20-22-17)24-11-8-13(9-12-24)18-23-21-16-7-2-1-3-10-25(16)18/h13H,1-12H2,(H,20,22). The lowest BCUT2D eigenvalue weighted by atomic mass is 9.95. The number of amides is 1. The SMILES string of the molecule is O=C(c1n[nH]c2c1CCC2)N1CCC(c2nnc3n2CCCCC3)CC1. The summed E-state index contributed by atoms with van der Waals surface area (Å²) in [4.78, 5) is 14.9. The Labute approximate surface area is 153 Å². The Morgan fingerprint density at radius 1 is 0.962 bits per heavy atom. The van der Waals surface area contributed by atoms with Gasteiger partial charge in [0, 0.05) is 43.2 Å². The molecule has 2 aromatic rings. The lowest BCUT2D eigenvalue weighted by Gasteiger charge is -2.31. The number of nitrogens with zero attached hydrogens (tertiary/aromatic N) is 5. The third kappa shape index (κ3) is 2.64. The molecular weight excluding hydrogens is 328 g/mol. The normalized spacial score (nSPS) is 20.7. The minimum Gasteiger partial charge on any atom is -0.337 e. The maximum atomic E-state index is 12.9. The van der Waals surface area contributed by atoms with Gasteiger partial charge in [0.15, 0.2) is 5.69 Å². The predicted octanol–water partition coefficient (Wildman–Crippen LogP) is 2.24. The van der Waals surface area contributed by atoms with Gasteiger partial charge < -0.3 is 9.47 Å². The Morgan fingerprint density at radius 2 is 1.85 bits per heavy atom. The Kier molecular flexibility index (Phi) is 4.02. The number of hydrogen-bond acceptors (Lipinski definition) is 4. The zero-order valence-electron chi connectivity index (χ0n) is 15.2. The number of piperidine rings is 1. The summed E-state index contributed by atoms with van der Waals surface area (Å²) in [5, 5.41) is 16.3. The Morgan fingerprint density at radius 3 is 2.73 bits per heavy atom. The number of carbonyl (C=O) groups excluding carboxylic acids is 1. The number of likely N-dealkylation sites (tertiary alicyclic amines) is 1. The fourth-order valence-electron chi connectivity index (χ4n) is 4.80. The van der Waals surface area contributed by atoms with Crippen molar-refractivity contribution in [2.24, 2.45) is 0 Å². The maximum Gasteiger partial charge on any atom is 0.274 e. The molecule has 26 heavy (non-hydrogen) atoms. The first-order valence-corrected chi connectivity index (χ1v) is 10.1. The van der Waals surface area contributed by atoms with Crippen LogP contribution in [0, 0.1) is 0 Å². The zero-order valence-corrected chi connectivity index (χ0v) is 15.2. The molecule has 0 saturated carbocycles. The molecule has 138 valence electrons. The van der Waals surface area contributed by atoms with E-state index in [0.29, 0.717) is 11.6 Å². The third-order valence-electron chi connectivity index (χ3n) is 6.29. The molecule has 1 aliphatic carbocycles. The number of hydrogen-bond donors (Lipinski definition) is 1. The highest BCUT2D eigenvalue weighted by molar-refractivity contribution is 5.94. The maximum absolute atomic E-state index is 12.9. The average molecular weight is 354 g/mol. The number of aromatic amines is 1. The number of carbonyl (C=O) groups is 1. The van der Waals surface area contributed by atoms with E-state index in [1.54, 1.807) is 0 Å². The van der Waals surface area contributed by atoms with Crippen LogP contribution in [-0.2, 0) is 25.8 Å². The second-order valence-corrected chi connectivity index (χ2v) is 7.89. The molecule has 0 spiro atoms. The van der Waals surface area contributed by atoms with E-state index in [-0.39, 0.29) is 5.91 Å². The lowest BCUT2D eigenvalue weighted by Crippen LogP contribution is -2.39. The van der Waals surface area contributed by atoms with Gasteiger partial charge in [-0.2, -0.15) is 5.10 Å².